The molecule has 0 saturated carbocycles. The van der Waals surface area contributed by atoms with Gasteiger partial charge in [0.15, 0.2) is 5.76 Å². The topological polar surface area (TPSA) is 70.8 Å². The van der Waals surface area contributed by atoms with Crippen LogP contribution in [0.3, 0.4) is 0 Å². The fourth-order valence-electron chi connectivity index (χ4n) is 2.96. The molecular formula is C19H24N2O4S. The van der Waals surface area contributed by atoms with Crippen molar-refractivity contribution in [3.63, 3.8) is 0 Å². The molecule has 0 unspecified atom stereocenters. The van der Waals surface area contributed by atoms with E-state index in [0.717, 1.165) is 5.56 Å². The third-order valence-electron chi connectivity index (χ3n) is 4.62. The van der Waals surface area contributed by atoms with Crippen molar-refractivity contribution in [3.8, 4) is 0 Å². The van der Waals surface area contributed by atoms with E-state index < -0.39 is 10.0 Å². The third kappa shape index (κ3) is 3.68. The first kappa shape index (κ1) is 18.7. The van der Waals surface area contributed by atoms with E-state index in [0.29, 0.717) is 13.1 Å². The predicted molar refractivity (Wildman–Crippen MR) is 98.5 cm³/mol. The van der Waals surface area contributed by atoms with Crippen LogP contribution in [0.4, 0.5) is 0 Å². The molecule has 2 heterocycles. The molecule has 0 bridgehead atoms. The molecule has 2 aromatic rings. The van der Waals surface area contributed by atoms with Crippen LogP contribution in [0, 0.1) is 0 Å². The molecule has 0 radical (unpaired) electrons. The molecule has 0 N–H and O–H groups in total. The minimum Gasteiger partial charge on any atom is -0.459 e. The minimum absolute atomic E-state index is 0.0276. The maximum atomic E-state index is 12.9. The number of benzene rings is 1. The fourth-order valence-corrected chi connectivity index (χ4v) is 4.39. The lowest BCUT2D eigenvalue weighted by molar-refractivity contribution is 0.0666. The van der Waals surface area contributed by atoms with Gasteiger partial charge in [0.2, 0.25) is 10.0 Å². The second-order valence-corrected chi connectivity index (χ2v) is 9.39. The molecule has 3 rings (SSSR count). The summed E-state index contributed by atoms with van der Waals surface area (Å²) in [6.45, 7) is 7.51. The van der Waals surface area contributed by atoms with Gasteiger partial charge >= 0.3 is 0 Å². The van der Waals surface area contributed by atoms with Gasteiger partial charge in [0.05, 0.1) is 11.2 Å². The van der Waals surface area contributed by atoms with Crippen molar-refractivity contribution in [2.45, 2.75) is 31.1 Å². The normalized spacial score (nSPS) is 16.7. The Hall–Kier alpha value is -2.12. The molecule has 1 aliphatic heterocycles. The van der Waals surface area contributed by atoms with Crippen molar-refractivity contribution >= 4 is 15.9 Å². The van der Waals surface area contributed by atoms with Crippen molar-refractivity contribution in [1.82, 2.24) is 9.21 Å². The highest BCUT2D eigenvalue weighted by Crippen LogP contribution is 2.25. The predicted octanol–water partition coefficient (Wildman–Crippen LogP) is 2.72. The number of carbonyl (C=O) groups is 1. The zero-order valence-electron chi connectivity index (χ0n) is 15.3. The molecule has 26 heavy (non-hydrogen) atoms. The van der Waals surface area contributed by atoms with Gasteiger partial charge in [-0.2, -0.15) is 4.31 Å². The summed E-state index contributed by atoms with van der Waals surface area (Å²) in [6.07, 6.45) is 1.45. The van der Waals surface area contributed by atoms with E-state index in [9.17, 15) is 13.2 Å². The number of rotatable bonds is 3. The number of piperazine rings is 1. The number of hydrogen-bond donors (Lipinski definition) is 0. The SMILES string of the molecule is CC(C)(C)c1ccc(S(=O)(=O)N2CCN(C(=O)c3ccco3)CC2)cc1. The number of sulfonamides is 1. The van der Waals surface area contributed by atoms with E-state index in [1.165, 1.54) is 10.6 Å². The van der Waals surface area contributed by atoms with Crippen molar-refractivity contribution in [3.05, 3.63) is 54.0 Å². The monoisotopic (exact) mass is 376 g/mol. The van der Waals surface area contributed by atoms with Gasteiger partial charge < -0.3 is 9.32 Å². The Balaban J connectivity index is 1.69. The molecule has 1 aromatic heterocycles. The largest absolute Gasteiger partial charge is 0.459 e. The summed E-state index contributed by atoms with van der Waals surface area (Å²) in [5.41, 5.74) is 1.06. The maximum absolute atomic E-state index is 12.9. The zero-order chi connectivity index (χ0) is 18.9. The zero-order valence-corrected chi connectivity index (χ0v) is 16.1. The van der Waals surface area contributed by atoms with Crippen LogP contribution in [-0.4, -0.2) is 49.7 Å². The minimum atomic E-state index is -3.56. The lowest BCUT2D eigenvalue weighted by Crippen LogP contribution is -2.50. The average Bonchev–Trinajstić information content (AvgIpc) is 3.15. The van der Waals surface area contributed by atoms with Crippen LogP contribution in [0.15, 0.2) is 52.0 Å². The first-order chi connectivity index (χ1) is 12.2. The summed E-state index contributed by atoms with van der Waals surface area (Å²) < 4.78 is 32.3. The van der Waals surface area contributed by atoms with Crippen molar-refractivity contribution < 1.29 is 17.6 Å². The van der Waals surface area contributed by atoms with Crippen LogP contribution in [0.1, 0.15) is 36.9 Å². The van der Waals surface area contributed by atoms with Gasteiger partial charge in [-0.25, -0.2) is 8.42 Å². The summed E-state index contributed by atoms with van der Waals surface area (Å²) in [5, 5.41) is 0. The molecular weight excluding hydrogens is 352 g/mol. The van der Waals surface area contributed by atoms with Gasteiger partial charge in [-0.05, 0) is 35.2 Å². The summed E-state index contributed by atoms with van der Waals surface area (Å²) >= 11 is 0. The van der Waals surface area contributed by atoms with E-state index in [1.807, 2.05) is 12.1 Å². The van der Waals surface area contributed by atoms with E-state index in [-0.39, 0.29) is 35.1 Å². The van der Waals surface area contributed by atoms with E-state index in [1.54, 1.807) is 29.2 Å². The smallest absolute Gasteiger partial charge is 0.289 e. The van der Waals surface area contributed by atoms with Gasteiger partial charge in [0.1, 0.15) is 0 Å². The lowest BCUT2D eigenvalue weighted by Gasteiger charge is -2.33. The van der Waals surface area contributed by atoms with Crippen molar-refractivity contribution in [2.75, 3.05) is 26.2 Å². The maximum Gasteiger partial charge on any atom is 0.289 e. The Morgan fingerprint density at radius 3 is 2.12 bits per heavy atom. The number of hydrogen-bond acceptors (Lipinski definition) is 4. The van der Waals surface area contributed by atoms with E-state index in [4.69, 9.17) is 4.42 Å². The molecule has 0 aliphatic carbocycles. The summed E-state index contributed by atoms with van der Waals surface area (Å²) in [5.74, 6) is 0.0701. The quantitative estimate of drug-likeness (QED) is 0.826. The van der Waals surface area contributed by atoms with Gasteiger partial charge in [0, 0.05) is 26.2 Å². The van der Waals surface area contributed by atoms with Crippen LogP contribution in [0.2, 0.25) is 0 Å². The summed E-state index contributed by atoms with van der Waals surface area (Å²) in [7, 11) is -3.56. The fraction of sp³-hybridized carbons (Fsp3) is 0.421. The molecule has 0 spiro atoms. The second-order valence-electron chi connectivity index (χ2n) is 7.45. The number of furan rings is 1. The van der Waals surface area contributed by atoms with Gasteiger partial charge in [-0.15, -0.1) is 0 Å². The van der Waals surface area contributed by atoms with Gasteiger partial charge in [0.25, 0.3) is 5.91 Å². The highest BCUT2D eigenvalue weighted by molar-refractivity contribution is 7.89. The number of carbonyl (C=O) groups excluding carboxylic acids is 1. The third-order valence-corrected chi connectivity index (χ3v) is 6.53. The Morgan fingerprint density at radius 1 is 1.00 bits per heavy atom. The van der Waals surface area contributed by atoms with Gasteiger partial charge in [-0.1, -0.05) is 32.9 Å². The van der Waals surface area contributed by atoms with E-state index in [2.05, 4.69) is 20.8 Å². The second kappa shape index (κ2) is 6.89. The molecule has 1 aliphatic rings. The molecule has 0 atom stereocenters. The van der Waals surface area contributed by atoms with Crippen LogP contribution in [0.25, 0.3) is 0 Å². The first-order valence-electron chi connectivity index (χ1n) is 8.63. The van der Waals surface area contributed by atoms with Crippen LogP contribution < -0.4 is 0 Å². The molecule has 1 saturated heterocycles. The summed E-state index contributed by atoms with van der Waals surface area (Å²) in [4.78, 5) is 14.2. The van der Waals surface area contributed by atoms with Crippen LogP contribution >= 0.6 is 0 Å². The highest BCUT2D eigenvalue weighted by atomic mass is 32.2. The first-order valence-corrected chi connectivity index (χ1v) is 10.1. The highest BCUT2D eigenvalue weighted by Gasteiger charge is 2.31. The number of amides is 1. The molecule has 140 valence electrons. The molecule has 1 aromatic carbocycles. The lowest BCUT2D eigenvalue weighted by atomic mass is 9.87. The Labute approximate surface area is 154 Å². The Morgan fingerprint density at radius 2 is 1.62 bits per heavy atom. The van der Waals surface area contributed by atoms with Crippen molar-refractivity contribution in [2.24, 2.45) is 0 Å². The molecule has 1 amide bonds. The average molecular weight is 376 g/mol. The summed E-state index contributed by atoms with van der Waals surface area (Å²) in [6, 6.07) is 10.3. The van der Waals surface area contributed by atoms with Crippen LogP contribution in [-0.2, 0) is 15.4 Å². The Kier molecular flexibility index (Phi) is 4.94. The Bertz CT molecular complexity index is 857. The standard InChI is InChI=1S/C19H24N2O4S/c1-19(2,3)15-6-8-16(9-7-15)26(23,24)21-12-10-20(11-13-21)18(22)17-5-4-14-25-17/h4-9,14H,10-13H2,1-3H3. The molecule has 7 heteroatoms. The van der Waals surface area contributed by atoms with Gasteiger partial charge in [-0.3, -0.25) is 4.79 Å². The number of nitrogens with zero attached hydrogens (tertiary/aromatic N) is 2. The van der Waals surface area contributed by atoms with Crippen molar-refractivity contribution in [1.29, 1.82) is 0 Å². The van der Waals surface area contributed by atoms with E-state index >= 15 is 0 Å². The van der Waals surface area contributed by atoms with Crippen LogP contribution in [0.5, 0.6) is 0 Å². The molecule has 1 fully saturated rings. The molecule has 6 nitrogen and oxygen atoms in total.